The van der Waals surface area contributed by atoms with E-state index in [2.05, 4.69) is 12.8 Å². The summed E-state index contributed by atoms with van der Waals surface area (Å²) in [5.41, 5.74) is 0. The van der Waals surface area contributed by atoms with E-state index in [0.717, 1.165) is 19.3 Å². The average molecular weight is 94.1 g/mol. The molecule has 0 saturated heterocycles. The Morgan fingerprint density at radius 1 is 1.29 bits per heavy atom. The Morgan fingerprint density at radius 3 is 2.14 bits per heavy atom. The lowest BCUT2D eigenvalue weighted by atomic mass is 10.00. The molecule has 0 spiro atoms. The van der Waals surface area contributed by atoms with Crippen LogP contribution in [0.5, 0.6) is 0 Å². The van der Waals surface area contributed by atoms with Crippen LogP contribution in [0.3, 0.4) is 0 Å². The van der Waals surface area contributed by atoms with E-state index in [1.54, 1.807) is 0 Å². The van der Waals surface area contributed by atoms with E-state index in [9.17, 15) is 4.79 Å². The van der Waals surface area contributed by atoms with Gasteiger partial charge in [0.05, 0.1) is 12.8 Å². The Balaban J connectivity index is 2.25. The molecule has 1 rings (SSSR count). The van der Waals surface area contributed by atoms with Crippen molar-refractivity contribution in [3.05, 3.63) is 12.8 Å². The quantitative estimate of drug-likeness (QED) is 0.436. The highest BCUT2D eigenvalue weighted by Crippen LogP contribution is 2.10. The van der Waals surface area contributed by atoms with Crippen LogP contribution in [0.1, 0.15) is 19.3 Å². The highest BCUT2D eigenvalue weighted by atomic mass is 16.1. The van der Waals surface area contributed by atoms with Crippen molar-refractivity contribution in [1.82, 2.24) is 0 Å². The molecule has 4 radical (unpaired) electrons. The molecule has 0 bridgehead atoms. The van der Waals surface area contributed by atoms with Crippen LogP contribution in [0, 0.1) is 12.8 Å². The van der Waals surface area contributed by atoms with Crippen molar-refractivity contribution in [2.45, 2.75) is 19.3 Å². The summed E-state index contributed by atoms with van der Waals surface area (Å²) in [6.45, 7) is 0. The average Bonchev–Trinajstić information content (AvgIpc) is 1.69. The maximum absolute atomic E-state index is 10.2. The molecule has 1 heteroatoms. The summed E-state index contributed by atoms with van der Waals surface area (Å²) in [7, 11) is 0. The number of rotatable bonds is 0. The number of hydrogen-bond acceptors (Lipinski definition) is 1. The second kappa shape index (κ2) is 2.10. The van der Waals surface area contributed by atoms with E-state index < -0.39 is 0 Å². The molecule has 0 amide bonds. The molecule has 0 aromatic rings. The number of ketones is 1. The van der Waals surface area contributed by atoms with Crippen molar-refractivity contribution in [2.24, 2.45) is 0 Å². The third kappa shape index (κ3) is 1.30. The number of Topliss-reactive ketones (excluding diaryl/α,β-unsaturated/α-hetero) is 1. The maximum atomic E-state index is 10.2. The van der Waals surface area contributed by atoms with Gasteiger partial charge in [0.25, 0.3) is 0 Å². The van der Waals surface area contributed by atoms with Crippen LogP contribution >= 0.6 is 0 Å². The van der Waals surface area contributed by atoms with Crippen LogP contribution in [-0.2, 0) is 4.79 Å². The summed E-state index contributed by atoms with van der Waals surface area (Å²) in [5.74, 6) is -0.0359. The minimum absolute atomic E-state index is 0.0359. The van der Waals surface area contributed by atoms with Crippen LogP contribution in [0.2, 0.25) is 0 Å². The van der Waals surface area contributed by atoms with Gasteiger partial charge >= 0.3 is 0 Å². The predicted molar refractivity (Wildman–Crippen MR) is 25.3 cm³/mol. The van der Waals surface area contributed by atoms with Gasteiger partial charge < -0.3 is 0 Å². The Morgan fingerprint density at radius 2 is 1.86 bits per heavy atom. The smallest absolute Gasteiger partial charge is 0.149 e. The normalized spacial score (nSPS) is 22.6. The fourth-order valence-corrected chi connectivity index (χ4v) is 0.555. The molecule has 0 aromatic carbocycles. The minimum atomic E-state index is -0.0359. The predicted octanol–water partition coefficient (Wildman–Crippen LogP) is 0.902. The van der Waals surface area contributed by atoms with Gasteiger partial charge in [0.15, 0.2) is 0 Å². The molecule has 36 valence electrons. The van der Waals surface area contributed by atoms with E-state index in [1.807, 2.05) is 0 Å². The van der Waals surface area contributed by atoms with Gasteiger partial charge in [-0.25, -0.2) is 0 Å². The molecule has 7 heavy (non-hydrogen) atoms. The maximum Gasteiger partial charge on any atom is 0.149 e. The highest BCUT2D eigenvalue weighted by Gasteiger charge is 2.08. The Labute approximate surface area is 43.7 Å². The fourth-order valence-electron chi connectivity index (χ4n) is 0.555. The standard InChI is InChI=1S/C6H6O/c7-6-4-2-1-3-5-6/h1-3H2. The van der Waals surface area contributed by atoms with Crippen molar-refractivity contribution >= 4 is 5.78 Å². The number of hydrogen-bond donors (Lipinski definition) is 0. The van der Waals surface area contributed by atoms with Gasteiger partial charge in [-0.15, -0.1) is 0 Å². The molecule has 0 atom stereocenters. The lowest BCUT2D eigenvalue weighted by Crippen LogP contribution is -2.04. The molecule has 0 aliphatic heterocycles. The zero-order valence-electron chi connectivity index (χ0n) is 4.03. The monoisotopic (exact) mass is 94.0 g/mol. The lowest BCUT2D eigenvalue weighted by Gasteiger charge is -2.03. The van der Waals surface area contributed by atoms with E-state index in [1.165, 1.54) is 0 Å². The van der Waals surface area contributed by atoms with Gasteiger partial charge in [-0.1, -0.05) is 6.42 Å². The van der Waals surface area contributed by atoms with Crippen LogP contribution < -0.4 is 0 Å². The molecular weight excluding hydrogens is 88.1 g/mol. The number of carbonyl (C=O) groups is 1. The molecule has 1 fully saturated rings. The first-order chi connectivity index (χ1) is 3.39. The zero-order chi connectivity index (χ0) is 5.11. The molecule has 1 aliphatic carbocycles. The van der Waals surface area contributed by atoms with Gasteiger partial charge in [0, 0.05) is 0 Å². The van der Waals surface area contributed by atoms with Gasteiger partial charge in [0.2, 0.25) is 0 Å². The van der Waals surface area contributed by atoms with Crippen molar-refractivity contribution in [1.29, 1.82) is 0 Å². The molecule has 0 aromatic heterocycles. The summed E-state index contributed by atoms with van der Waals surface area (Å²) in [6.07, 6.45) is 7.96. The lowest BCUT2D eigenvalue weighted by molar-refractivity contribution is -0.113. The van der Waals surface area contributed by atoms with E-state index in [-0.39, 0.29) is 5.78 Å². The first-order valence-electron chi connectivity index (χ1n) is 2.41. The molecule has 0 unspecified atom stereocenters. The van der Waals surface area contributed by atoms with E-state index >= 15 is 0 Å². The first kappa shape index (κ1) is 4.82. The molecule has 1 saturated carbocycles. The minimum Gasteiger partial charge on any atom is -0.298 e. The summed E-state index contributed by atoms with van der Waals surface area (Å²) >= 11 is 0. The van der Waals surface area contributed by atoms with Gasteiger partial charge in [-0.05, 0) is 12.8 Å². The van der Waals surface area contributed by atoms with Crippen LogP contribution in [-0.4, -0.2) is 5.78 Å². The summed E-state index contributed by atoms with van der Waals surface area (Å²) < 4.78 is 0. The second-order valence-corrected chi connectivity index (χ2v) is 1.54. The topological polar surface area (TPSA) is 17.1 Å². The summed E-state index contributed by atoms with van der Waals surface area (Å²) in [5, 5.41) is 0. The molecule has 0 heterocycles. The molecular formula is C6H6O. The van der Waals surface area contributed by atoms with Crippen LogP contribution in [0.25, 0.3) is 0 Å². The van der Waals surface area contributed by atoms with E-state index in [4.69, 9.17) is 0 Å². The molecule has 0 N–H and O–H groups in total. The van der Waals surface area contributed by atoms with Crippen molar-refractivity contribution < 1.29 is 4.79 Å². The third-order valence-electron chi connectivity index (χ3n) is 0.925. The SMILES string of the molecule is O=C1[C]CCC[C]1. The van der Waals surface area contributed by atoms with Crippen molar-refractivity contribution in [2.75, 3.05) is 0 Å². The van der Waals surface area contributed by atoms with Crippen LogP contribution in [0.15, 0.2) is 0 Å². The van der Waals surface area contributed by atoms with Gasteiger partial charge in [-0.3, -0.25) is 4.79 Å². The Bertz CT molecular complexity index is 68.2. The zero-order valence-corrected chi connectivity index (χ0v) is 4.03. The molecule has 1 aliphatic rings. The Hall–Kier alpha value is -0.330. The number of carbonyl (C=O) groups excluding carboxylic acids is 1. The molecule has 1 nitrogen and oxygen atoms in total. The second-order valence-electron chi connectivity index (χ2n) is 1.54. The fraction of sp³-hybridized carbons (Fsp3) is 0.500. The van der Waals surface area contributed by atoms with E-state index in [0.29, 0.717) is 0 Å². The highest BCUT2D eigenvalue weighted by molar-refractivity contribution is 5.94. The van der Waals surface area contributed by atoms with Gasteiger partial charge in [-0.2, -0.15) is 0 Å². The third-order valence-corrected chi connectivity index (χ3v) is 0.925. The van der Waals surface area contributed by atoms with Crippen LogP contribution in [0.4, 0.5) is 0 Å². The van der Waals surface area contributed by atoms with Crippen molar-refractivity contribution in [3.8, 4) is 0 Å². The van der Waals surface area contributed by atoms with Gasteiger partial charge in [0.1, 0.15) is 5.78 Å². The summed E-state index contributed by atoms with van der Waals surface area (Å²) in [6, 6.07) is 0. The van der Waals surface area contributed by atoms with Crippen molar-refractivity contribution in [3.63, 3.8) is 0 Å². The Kier molecular flexibility index (Phi) is 1.45. The first-order valence-corrected chi connectivity index (χ1v) is 2.41. The largest absolute Gasteiger partial charge is 0.298 e. The summed E-state index contributed by atoms with van der Waals surface area (Å²) in [4.78, 5) is 10.2.